The first kappa shape index (κ1) is 38.4. The smallest absolute Gasteiger partial charge is 0.220 e. The molecule has 0 rings (SSSR count). The highest BCUT2D eigenvalue weighted by molar-refractivity contribution is 5.76. The molecule has 40 heavy (non-hydrogen) atoms. The van der Waals surface area contributed by atoms with Gasteiger partial charge in [0.2, 0.25) is 5.91 Å². The summed E-state index contributed by atoms with van der Waals surface area (Å²) in [6.07, 6.45) is 41.8. The Morgan fingerprint density at radius 3 is 1.65 bits per heavy atom. The summed E-state index contributed by atoms with van der Waals surface area (Å²) in [7, 11) is 0. The molecule has 2 unspecified atom stereocenters. The fourth-order valence-electron chi connectivity index (χ4n) is 4.63. The summed E-state index contributed by atoms with van der Waals surface area (Å²) >= 11 is 0. The van der Waals surface area contributed by atoms with Gasteiger partial charge >= 0.3 is 0 Å². The first-order valence-electron chi connectivity index (χ1n) is 16.9. The molecule has 0 bridgehead atoms. The Labute approximate surface area is 248 Å². The lowest BCUT2D eigenvalue weighted by Gasteiger charge is -2.19. The molecule has 4 nitrogen and oxygen atoms in total. The number of aliphatic hydroxyl groups excluding tert-OH is 2. The van der Waals surface area contributed by atoms with Gasteiger partial charge in [0.25, 0.3) is 0 Å². The van der Waals surface area contributed by atoms with Crippen molar-refractivity contribution in [1.82, 2.24) is 5.32 Å². The standard InChI is InChI=1S/C36H65NO3/c1-3-5-7-9-11-13-15-17-18-20-22-24-26-28-30-32-36(40)37-34(33-38)35(39)31-29-27-25-23-21-19-16-14-12-10-8-6-4-2/h11,13,17-18,21,23,29,31,34-35,38-39H,3-10,12,14-16,19-20,22,24-28,30,32-33H2,1-2H3,(H,37,40)/b13-11-,18-17-,23-21+,31-29+. The van der Waals surface area contributed by atoms with E-state index in [0.717, 1.165) is 51.4 Å². The Balaban J connectivity index is 3.75. The topological polar surface area (TPSA) is 69.6 Å². The van der Waals surface area contributed by atoms with E-state index in [1.807, 2.05) is 6.08 Å². The highest BCUT2D eigenvalue weighted by atomic mass is 16.3. The van der Waals surface area contributed by atoms with Crippen molar-refractivity contribution in [2.45, 2.75) is 167 Å². The highest BCUT2D eigenvalue weighted by Gasteiger charge is 2.17. The number of rotatable bonds is 29. The zero-order valence-electron chi connectivity index (χ0n) is 26.3. The number of carbonyl (C=O) groups is 1. The SMILES string of the molecule is CCCCC/C=C\C/C=C\CCCCCCCC(=O)NC(CO)C(O)/C=C/CC/C=C/CCCCCCCCC. The van der Waals surface area contributed by atoms with Crippen molar-refractivity contribution in [3.05, 3.63) is 48.6 Å². The second-order valence-corrected chi connectivity index (χ2v) is 11.2. The van der Waals surface area contributed by atoms with Gasteiger partial charge in [-0.05, 0) is 64.2 Å². The minimum Gasteiger partial charge on any atom is -0.394 e. The van der Waals surface area contributed by atoms with Crippen molar-refractivity contribution in [1.29, 1.82) is 0 Å². The van der Waals surface area contributed by atoms with Crippen LogP contribution in [0.25, 0.3) is 0 Å². The quantitative estimate of drug-likeness (QED) is 0.0631. The Bertz CT molecular complexity index is 652. The summed E-state index contributed by atoms with van der Waals surface area (Å²) < 4.78 is 0. The van der Waals surface area contributed by atoms with Crippen LogP contribution in [0.5, 0.6) is 0 Å². The average molecular weight is 560 g/mol. The summed E-state index contributed by atoms with van der Waals surface area (Å²) in [5, 5.41) is 22.8. The molecule has 1 amide bonds. The van der Waals surface area contributed by atoms with Crippen LogP contribution >= 0.6 is 0 Å². The van der Waals surface area contributed by atoms with Gasteiger partial charge in [-0.2, -0.15) is 0 Å². The molecule has 0 fully saturated rings. The number of hydrogen-bond acceptors (Lipinski definition) is 3. The molecule has 0 saturated heterocycles. The number of hydrogen-bond donors (Lipinski definition) is 3. The number of allylic oxidation sites excluding steroid dienone is 7. The summed E-state index contributed by atoms with van der Waals surface area (Å²) in [5.74, 6) is -0.0921. The largest absolute Gasteiger partial charge is 0.394 e. The van der Waals surface area contributed by atoms with Crippen molar-refractivity contribution in [2.24, 2.45) is 0 Å². The number of aliphatic hydroxyl groups is 2. The second kappa shape index (κ2) is 31.9. The zero-order chi connectivity index (χ0) is 29.4. The molecule has 232 valence electrons. The molecule has 0 aromatic rings. The van der Waals surface area contributed by atoms with Gasteiger partial charge < -0.3 is 15.5 Å². The van der Waals surface area contributed by atoms with E-state index in [1.165, 1.54) is 83.5 Å². The molecule has 2 atom stereocenters. The molecule has 0 aliphatic heterocycles. The van der Waals surface area contributed by atoms with Crippen LogP contribution in [0.3, 0.4) is 0 Å². The Hall–Kier alpha value is -1.65. The number of amides is 1. The van der Waals surface area contributed by atoms with E-state index >= 15 is 0 Å². The van der Waals surface area contributed by atoms with Crippen LogP contribution in [0, 0.1) is 0 Å². The molecule has 3 N–H and O–H groups in total. The highest BCUT2D eigenvalue weighted by Crippen LogP contribution is 2.10. The first-order chi connectivity index (χ1) is 19.7. The lowest BCUT2D eigenvalue weighted by Crippen LogP contribution is -2.45. The van der Waals surface area contributed by atoms with Crippen molar-refractivity contribution in [3.63, 3.8) is 0 Å². The van der Waals surface area contributed by atoms with Gasteiger partial charge in [0, 0.05) is 6.42 Å². The van der Waals surface area contributed by atoms with Gasteiger partial charge in [-0.3, -0.25) is 4.79 Å². The van der Waals surface area contributed by atoms with Crippen molar-refractivity contribution >= 4 is 5.91 Å². The molecule has 0 radical (unpaired) electrons. The van der Waals surface area contributed by atoms with E-state index in [2.05, 4.69) is 55.6 Å². The fraction of sp³-hybridized carbons (Fsp3) is 0.750. The number of carbonyl (C=O) groups excluding carboxylic acids is 1. The molecular formula is C36H65NO3. The van der Waals surface area contributed by atoms with Crippen molar-refractivity contribution < 1.29 is 15.0 Å². The number of nitrogens with one attached hydrogen (secondary N) is 1. The normalized spacial score (nSPS) is 13.8. The summed E-state index contributed by atoms with van der Waals surface area (Å²) in [6.45, 7) is 4.23. The predicted molar refractivity (Wildman–Crippen MR) is 175 cm³/mol. The Kier molecular flexibility index (Phi) is 30.6. The average Bonchev–Trinajstić information content (AvgIpc) is 2.96. The second-order valence-electron chi connectivity index (χ2n) is 11.2. The van der Waals surface area contributed by atoms with Crippen LogP contribution in [0.15, 0.2) is 48.6 Å². The lowest BCUT2D eigenvalue weighted by molar-refractivity contribution is -0.123. The van der Waals surface area contributed by atoms with Gasteiger partial charge in [0.1, 0.15) is 0 Å². The van der Waals surface area contributed by atoms with Gasteiger partial charge in [-0.25, -0.2) is 0 Å². The van der Waals surface area contributed by atoms with E-state index < -0.39 is 12.1 Å². The van der Waals surface area contributed by atoms with E-state index in [-0.39, 0.29) is 12.5 Å². The molecule has 0 saturated carbocycles. The van der Waals surface area contributed by atoms with E-state index in [1.54, 1.807) is 6.08 Å². The summed E-state index contributed by atoms with van der Waals surface area (Å²) in [5.41, 5.74) is 0. The monoisotopic (exact) mass is 559 g/mol. The summed E-state index contributed by atoms with van der Waals surface area (Å²) in [4.78, 5) is 12.3. The molecule has 0 aliphatic carbocycles. The maximum Gasteiger partial charge on any atom is 0.220 e. The summed E-state index contributed by atoms with van der Waals surface area (Å²) in [6, 6.07) is -0.644. The van der Waals surface area contributed by atoms with E-state index in [4.69, 9.17) is 0 Å². The molecule has 0 aromatic carbocycles. The molecule has 0 spiro atoms. The molecule has 4 heteroatoms. The van der Waals surface area contributed by atoms with Crippen LogP contribution in [-0.2, 0) is 4.79 Å². The third kappa shape index (κ3) is 27.9. The Morgan fingerprint density at radius 2 is 1.05 bits per heavy atom. The van der Waals surface area contributed by atoms with Crippen LogP contribution in [0.2, 0.25) is 0 Å². The minimum atomic E-state index is -0.866. The van der Waals surface area contributed by atoms with Gasteiger partial charge in [0.05, 0.1) is 18.8 Å². The molecular weight excluding hydrogens is 494 g/mol. The maximum atomic E-state index is 12.3. The lowest BCUT2D eigenvalue weighted by atomic mass is 10.1. The fourth-order valence-corrected chi connectivity index (χ4v) is 4.63. The van der Waals surface area contributed by atoms with E-state index in [0.29, 0.717) is 6.42 Å². The zero-order valence-corrected chi connectivity index (χ0v) is 26.3. The van der Waals surface area contributed by atoms with E-state index in [9.17, 15) is 15.0 Å². The molecule has 0 aromatic heterocycles. The van der Waals surface area contributed by atoms with Gasteiger partial charge in [0.15, 0.2) is 0 Å². The molecule has 0 heterocycles. The van der Waals surface area contributed by atoms with Crippen LogP contribution < -0.4 is 5.32 Å². The predicted octanol–water partition coefficient (Wildman–Crippen LogP) is 9.67. The van der Waals surface area contributed by atoms with Crippen LogP contribution in [0.4, 0.5) is 0 Å². The third-order valence-electron chi connectivity index (χ3n) is 7.28. The molecule has 0 aliphatic rings. The van der Waals surface area contributed by atoms with Gasteiger partial charge in [-0.15, -0.1) is 0 Å². The maximum absolute atomic E-state index is 12.3. The third-order valence-corrected chi connectivity index (χ3v) is 7.28. The van der Waals surface area contributed by atoms with Crippen LogP contribution in [-0.4, -0.2) is 34.9 Å². The minimum absolute atomic E-state index is 0.0921. The van der Waals surface area contributed by atoms with Gasteiger partial charge in [-0.1, -0.05) is 133 Å². The van der Waals surface area contributed by atoms with Crippen LogP contribution in [0.1, 0.15) is 155 Å². The van der Waals surface area contributed by atoms with Crippen molar-refractivity contribution in [2.75, 3.05) is 6.61 Å². The number of unbranched alkanes of at least 4 members (excludes halogenated alkanes) is 16. The van der Waals surface area contributed by atoms with Crippen molar-refractivity contribution in [3.8, 4) is 0 Å². The first-order valence-corrected chi connectivity index (χ1v) is 16.9. The Morgan fingerprint density at radius 1 is 0.600 bits per heavy atom.